The summed E-state index contributed by atoms with van der Waals surface area (Å²) in [7, 11) is 2.18. The third-order valence-corrected chi connectivity index (χ3v) is 8.13. The van der Waals surface area contributed by atoms with Crippen molar-refractivity contribution in [3.63, 3.8) is 0 Å². The average Bonchev–Trinajstić information content (AvgIpc) is 3.63. The predicted octanol–water partition coefficient (Wildman–Crippen LogP) is 3.81. The van der Waals surface area contributed by atoms with E-state index >= 15 is 0 Å². The highest BCUT2D eigenvalue weighted by Crippen LogP contribution is 2.30. The molecule has 214 valence electrons. The van der Waals surface area contributed by atoms with E-state index in [2.05, 4.69) is 44.6 Å². The zero-order valence-electron chi connectivity index (χ0n) is 23.7. The Morgan fingerprint density at radius 3 is 2.70 bits per heavy atom. The first kappa shape index (κ1) is 28.4. The van der Waals surface area contributed by atoms with E-state index in [1.54, 1.807) is 33.0 Å². The molecule has 0 atom stereocenters. The number of hydrogen-bond acceptors (Lipinski definition) is 9. The van der Waals surface area contributed by atoms with Crippen LogP contribution in [0.5, 0.6) is 0 Å². The number of nitrogens with zero attached hydrogens (tertiary/aromatic N) is 5. The van der Waals surface area contributed by atoms with Crippen LogP contribution in [0.4, 0.5) is 5.95 Å². The fourth-order valence-electron chi connectivity index (χ4n) is 4.89. The molecule has 1 aliphatic heterocycles. The Hall–Kier alpha value is -3.09. The van der Waals surface area contributed by atoms with Crippen LogP contribution >= 0.6 is 11.3 Å². The van der Waals surface area contributed by atoms with Crippen LogP contribution in [-0.4, -0.2) is 87.3 Å². The summed E-state index contributed by atoms with van der Waals surface area (Å²) < 4.78 is 7.46. The van der Waals surface area contributed by atoms with E-state index in [-0.39, 0.29) is 12.5 Å². The second-order valence-electron chi connectivity index (χ2n) is 11.2. The van der Waals surface area contributed by atoms with Crippen molar-refractivity contribution in [2.24, 2.45) is 0 Å². The lowest BCUT2D eigenvalue weighted by molar-refractivity contribution is 0.0630. The number of carbonyl (C=O) groups excluding carboxylic acids is 1. The number of piperazine rings is 1. The van der Waals surface area contributed by atoms with Crippen LogP contribution in [0.25, 0.3) is 21.7 Å². The standard InChI is InChI=1S/C29H39N7O3S/c1-20-31-18-24(39-20)25-8-9-26(40-25)27(37)33-28-32-22-16-21(6-7-23(22)36(28)19-29(2,3)38)17-30-10-5-11-35-14-12-34(4)13-15-35/h6-9,16,18,30,38H,5,10-15,17,19H2,1-4H3,(H,32,33,37). The van der Waals surface area contributed by atoms with Gasteiger partial charge in [-0.2, -0.15) is 0 Å². The number of anilines is 1. The van der Waals surface area contributed by atoms with E-state index in [1.807, 2.05) is 16.7 Å². The summed E-state index contributed by atoms with van der Waals surface area (Å²) in [6.45, 7) is 13.0. The molecule has 10 nitrogen and oxygen atoms in total. The molecule has 0 spiro atoms. The molecule has 1 fully saturated rings. The van der Waals surface area contributed by atoms with E-state index in [1.165, 1.54) is 11.3 Å². The number of fused-ring (bicyclic) bond motifs is 1. The number of oxazole rings is 1. The van der Waals surface area contributed by atoms with Crippen LogP contribution < -0.4 is 10.6 Å². The second kappa shape index (κ2) is 12.2. The third-order valence-electron chi connectivity index (χ3n) is 7.03. The molecule has 11 heteroatoms. The van der Waals surface area contributed by atoms with Crippen molar-refractivity contribution >= 4 is 34.2 Å². The molecule has 1 amide bonds. The number of imidazole rings is 1. The lowest BCUT2D eigenvalue weighted by Gasteiger charge is -2.32. The molecule has 0 unspecified atom stereocenters. The van der Waals surface area contributed by atoms with Crippen molar-refractivity contribution in [2.75, 3.05) is 51.6 Å². The number of hydrogen-bond donors (Lipinski definition) is 3. The third kappa shape index (κ3) is 7.15. The van der Waals surface area contributed by atoms with Crippen LogP contribution in [0.1, 0.15) is 41.4 Å². The topological polar surface area (TPSA) is 112 Å². The molecular formula is C29H39N7O3S. The number of aromatic nitrogens is 3. The number of carbonyl (C=O) groups is 1. The summed E-state index contributed by atoms with van der Waals surface area (Å²) in [6.07, 6.45) is 2.77. The molecule has 1 aromatic carbocycles. The highest BCUT2D eigenvalue weighted by Gasteiger charge is 2.22. The van der Waals surface area contributed by atoms with E-state index in [4.69, 9.17) is 9.40 Å². The Balaban J connectivity index is 1.25. The first-order valence-electron chi connectivity index (χ1n) is 13.8. The number of likely N-dealkylation sites (N-methyl/N-ethyl adjacent to an activating group) is 1. The van der Waals surface area contributed by atoms with Gasteiger partial charge < -0.3 is 29.2 Å². The molecule has 5 rings (SSSR count). The molecule has 40 heavy (non-hydrogen) atoms. The Kier molecular flexibility index (Phi) is 8.67. The largest absolute Gasteiger partial charge is 0.440 e. The summed E-state index contributed by atoms with van der Waals surface area (Å²) in [5.41, 5.74) is 1.78. The lowest BCUT2D eigenvalue weighted by atomic mass is 10.1. The first-order chi connectivity index (χ1) is 19.1. The highest BCUT2D eigenvalue weighted by molar-refractivity contribution is 7.17. The molecule has 1 aliphatic rings. The van der Waals surface area contributed by atoms with Crippen molar-refractivity contribution in [3.8, 4) is 10.6 Å². The molecule has 4 heterocycles. The Bertz CT molecular complexity index is 1440. The van der Waals surface area contributed by atoms with Gasteiger partial charge in [-0.1, -0.05) is 6.07 Å². The van der Waals surface area contributed by atoms with Gasteiger partial charge in [-0.25, -0.2) is 9.97 Å². The normalized spacial score (nSPS) is 15.2. The zero-order valence-corrected chi connectivity index (χ0v) is 24.6. The van der Waals surface area contributed by atoms with Crippen molar-refractivity contribution in [2.45, 2.75) is 45.9 Å². The van der Waals surface area contributed by atoms with E-state index < -0.39 is 5.60 Å². The van der Waals surface area contributed by atoms with E-state index in [9.17, 15) is 9.90 Å². The van der Waals surface area contributed by atoms with Gasteiger partial charge in [0, 0.05) is 39.6 Å². The fraction of sp³-hybridized carbons (Fsp3) is 0.483. The minimum Gasteiger partial charge on any atom is -0.440 e. The van der Waals surface area contributed by atoms with Gasteiger partial charge in [0.2, 0.25) is 5.95 Å². The quantitative estimate of drug-likeness (QED) is 0.236. The summed E-state index contributed by atoms with van der Waals surface area (Å²) >= 11 is 1.33. The molecule has 0 bridgehead atoms. The van der Waals surface area contributed by atoms with Gasteiger partial charge >= 0.3 is 0 Å². The maximum atomic E-state index is 13.2. The molecule has 1 saturated heterocycles. The Morgan fingerprint density at radius 2 is 1.98 bits per heavy atom. The lowest BCUT2D eigenvalue weighted by Crippen LogP contribution is -2.45. The predicted molar refractivity (Wildman–Crippen MR) is 159 cm³/mol. The number of nitrogens with one attached hydrogen (secondary N) is 2. The summed E-state index contributed by atoms with van der Waals surface area (Å²) in [4.78, 5) is 28.4. The smallest absolute Gasteiger partial charge is 0.268 e. The number of aryl methyl sites for hydroxylation is 1. The van der Waals surface area contributed by atoms with E-state index in [0.29, 0.717) is 22.5 Å². The van der Waals surface area contributed by atoms with Gasteiger partial charge in [-0.15, -0.1) is 11.3 Å². The molecule has 0 saturated carbocycles. The fourth-order valence-corrected chi connectivity index (χ4v) is 5.74. The number of rotatable bonds is 11. The number of benzene rings is 1. The molecule has 3 aromatic heterocycles. The Morgan fingerprint density at radius 1 is 1.18 bits per heavy atom. The van der Waals surface area contributed by atoms with Gasteiger partial charge in [-0.05, 0) is 70.2 Å². The van der Waals surface area contributed by atoms with Gasteiger partial charge in [0.15, 0.2) is 11.7 Å². The number of aliphatic hydroxyl groups is 1. The summed E-state index contributed by atoms with van der Waals surface area (Å²) in [6, 6.07) is 9.76. The van der Waals surface area contributed by atoms with Gasteiger partial charge in [0.1, 0.15) is 0 Å². The molecule has 4 aromatic rings. The monoisotopic (exact) mass is 565 g/mol. The highest BCUT2D eigenvalue weighted by atomic mass is 32.1. The van der Waals surface area contributed by atoms with Crippen molar-refractivity contribution in [1.29, 1.82) is 0 Å². The minimum absolute atomic E-state index is 0.262. The molecule has 3 N–H and O–H groups in total. The Labute approximate surface area is 239 Å². The zero-order chi connectivity index (χ0) is 28.3. The maximum Gasteiger partial charge on any atom is 0.268 e. The van der Waals surface area contributed by atoms with Crippen LogP contribution in [0.3, 0.4) is 0 Å². The SMILES string of the molecule is Cc1ncc(-c2ccc(C(=O)Nc3nc4cc(CNCCCN5CCN(C)CC5)ccc4n3CC(C)(C)O)s2)o1. The van der Waals surface area contributed by atoms with Crippen LogP contribution in [0.15, 0.2) is 40.9 Å². The molecular weight excluding hydrogens is 526 g/mol. The molecule has 0 radical (unpaired) electrons. The van der Waals surface area contributed by atoms with Gasteiger partial charge in [0.05, 0.1) is 39.1 Å². The van der Waals surface area contributed by atoms with Crippen molar-refractivity contribution < 1.29 is 14.3 Å². The molecule has 0 aliphatic carbocycles. The van der Waals surface area contributed by atoms with Gasteiger partial charge in [0.25, 0.3) is 5.91 Å². The maximum absolute atomic E-state index is 13.2. The van der Waals surface area contributed by atoms with Crippen LogP contribution in [-0.2, 0) is 13.1 Å². The first-order valence-corrected chi connectivity index (χ1v) is 14.6. The van der Waals surface area contributed by atoms with Crippen molar-refractivity contribution in [1.82, 2.24) is 29.7 Å². The van der Waals surface area contributed by atoms with Gasteiger partial charge in [-0.3, -0.25) is 10.1 Å². The summed E-state index contributed by atoms with van der Waals surface area (Å²) in [5, 5.41) is 17.1. The average molecular weight is 566 g/mol. The number of thiophene rings is 1. The second-order valence-corrected chi connectivity index (χ2v) is 12.3. The van der Waals surface area contributed by atoms with Crippen molar-refractivity contribution in [3.05, 3.63) is 52.9 Å². The minimum atomic E-state index is -0.989. The van der Waals surface area contributed by atoms with Crippen LogP contribution in [0.2, 0.25) is 0 Å². The van der Waals surface area contributed by atoms with Crippen LogP contribution in [0, 0.1) is 6.92 Å². The number of amides is 1. The van der Waals surface area contributed by atoms with E-state index in [0.717, 1.165) is 73.7 Å². The summed E-state index contributed by atoms with van der Waals surface area (Å²) in [5.74, 6) is 1.36.